The van der Waals surface area contributed by atoms with Gasteiger partial charge in [0, 0.05) is 12.3 Å². The number of hydrogen-bond donors (Lipinski definition) is 0. The zero-order chi connectivity index (χ0) is 16.6. The van der Waals surface area contributed by atoms with Crippen molar-refractivity contribution in [3.63, 3.8) is 0 Å². The molecule has 1 atom stereocenters. The van der Waals surface area contributed by atoms with Crippen molar-refractivity contribution in [2.75, 3.05) is 5.01 Å². The highest BCUT2D eigenvalue weighted by molar-refractivity contribution is 7.22. The van der Waals surface area contributed by atoms with Crippen LogP contribution >= 0.6 is 11.3 Å². The van der Waals surface area contributed by atoms with Crippen molar-refractivity contribution in [3.8, 4) is 0 Å². The number of nitrogens with zero attached hydrogens (tertiary/aromatic N) is 3. The molecule has 1 unspecified atom stereocenters. The lowest BCUT2D eigenvalue weighted by atomic mass is 9.96. The van der Waals surface area contributed by atoms with Crippen LogP contribution in [0.4, 0.5) is 5.13 Å². The molecule has 2 heterocycles. The highest BCUT2D eigenvalue weighted by atomic mass is 32.1. The second-order valence-electron chi connectivity index (χ2n) is 6.33. The maximum absolute atomic E-state index is 4.99. The van der Waals surface area contributed by atoms with Crippen molar-refractivity contribution in [2.45, 2.75) is 12.5 Å². The fourth-order valence-corrected chi connectivity index (χ4v) is 4.43. The summed E-state index contributed by atoms with van der Waals surface area (Å²) < 4.78 is 1.20. The van der Waals surface area contributed by atoms with Gasteiger partial charge in [-0.25, -0.2) is 9.99 Å². The van der Waals surface area contributed by atoms with Gasteiger partial charge in [0.15, 0.2) is 0 Å². The molecule has 1 aliphatic carbocycles. The molecule has 0 saturated carbocycles. The molecule has 4 heteroatoms. The number of rotatable bonds is 3. The summed E-state index contributed by atoms with van der Waals surface area (Å²) in [6.45, 7) is 0. The van der Waals surface area contributed by atoms with E-state index in [9.17, 15) is 0 Å². The number of benzene rings is 2. The van der Waals surface area contributed by atoms with Crippen molar-refractivity contribution in [2.24, 2.45) is 11.0 Å². The van der Waals surface area contributed by atoms with Crippen molar-refractivity contribution >= 4 is 32.4 Å². The highest BCUT2D eigenvalue weighted by Crippen LogP contribution is 2.40. The molecule has 0 spiro atoms. The standard InChI is InChI=1S/C21H17N3S/c1-2-10-16(11-3-1)19-14-18(15-8-4-5-9-15)23-24(19)21-22-17-12-6-7-13-20(17)25-21/h1-13,15,19H,14H2. The van der Waals surface area contributed by atoms with E-state index in [1.165, 1.54) is 16.0 Å². The number of para-hydroxylation sites is 1. The lowest BCUT2D eigenvalue weighted by Gasteiger charge is -2.21. The molecule has 0 bridgehead atoms. The van der Waals surface area contributed by atoms with Crippen LogP contribution in [0.5, 0.6) is 0 Å². The molecule has 0 saturated heterocycles. The molecule has 2 aromatic carbocycles. The van der Waals surface area contributed by atoms with Gasteiger partial charge < -0.3 is 0 Å². The van der Waals surface area contributed by atoms with E-state index in [1.54, 1.807) is 11.3 Å². The smallest absolute Gasteiger partial charge is 0.207 e. The van der Waals surface area contributed by atoms with Crippen LogP contribution in [-0.4, -0.2) is 10.7 Å². The van der Waals surface area contributed by atoms with Gasteiger partial charge in [-0.15, -0.1) is 0 Å². The first-order valence-electron chi connectivity index (χ1n) is 8.50. The molecule has 0 radical (unpaired) electrons. The Bertz CT molecular complexity index is 955. The van der Waals surface area contributed by atoms with E-state index in [0.29, 0.717) is 5.92 Å². The normalized spacial score (nSPS) is 19.9. The van der Waals surface area contributed by atoms with E-state index in [-0.39, 0.29) is 6.04 Å². The summed E-state index contributed by atoms with van der Waals surface area (Å²) in [7, 11) is 0. The number of anilines is 1. The number of allylic oxidation sites excluding steroid dienone is 4. The summed E-state index contributed by atoms with van der Waals surface area (Å²) >= 11 is 1.71. The minimum absolute atomic E-state index is 0.208. The molecule has 5 rings (SSSR count). The van der Waals surface area contributed by atoms with Gasteiger partial charge >= 0.3 is 0 Å². The first kappa shape index (κ1) is 14.6. The first-order chi connectivity index (χ1) is 12.4. The average Bonchev–Trinajstić information content (AvgIpc) is 3.39. The molecule has 25 heavy (non-hydrogen) atoms. The summed E-state index contributed by atoms with van der Waals surface area (Å²) in [5.74, 6) is 0.311. The number of aromatic nitrogens is 1. The predicted octanol–water partition coefficient (Wildman–Crippen LogP) is 5.35. The largest absolute Gasteiger partial charge is 0.231 e. The summed E-state index contributed by atoms with van der Waals surface area (Å²) in [6.07, 6.45) is 9.56. The fourth-order valence-electron chi connectivity index (χ4n) is 3.46. The van der Waals surface area contributed by atoms with Crippen LogP contribution in [0.3, 0.4) is 0 Å². The Morgan fingerprint density at radius 1 is 0.920 bits per heavy atom. The van der Waals surface area contributed by atoms with E-state index in [2.05, 4.69) is 77.8 Å². The SMILES string of the molecule is C1=CC(C2=NN(c3nc4ccccc4s3)C(c3ccccc3)C2)C=C1. The summed E-state index contributed by atoms with van der Waals surface area (Å²) in [5.41, 5.74) is 3.53. The van der Waals surface area contributed by atoms with Crippen LogP contribution in [0.25, 0.3) is 10.2 Å². The molecular weight excluding hydrogens is 326 g/mol. The third-order valence-corrected chi connectivity index (χ3v) is 5.76. The van der Waals surface area contributed by atoms with Crippen LogP contribution in [0.15, 0.2) is 84.0 Å². The van der Waals surface area contributed by atoms with Crippen molar-refractivity contribution in [1.29, 1.82) is 0 Å². The molecule has 1 aliphatic heterocycles. The Balaban J connectivity index is 1.58. The topological polar surface area (TPSA) is 28.5 Å². The van der Waals surface area contributed by atoms with Gasteiger partial charge in [-0.05, 0) is 17.7 Å². The molecule has 0 amide bonds. The van der Waals surface area contributed by atoms with Gasteiger partial charge in [0.05, 0.1) is 22.0 Å². The predicted molar refractivity (Wildman–Crippen MR) is 105 cm³/mol. The zero-order valence-electron chi connectivity index (χ0n) is 13.6. The van der Waals surface area contributed by atoms with Gasteiger partial charge in [-0.1, -0.05) is 78.1 Å². The zero-order valence-corrected chi connectivity index (χ0v) is 14.4. The molecule has 122 valence electrons. The van der Waals surface area contributed by atoms with E-state index in [0.717, 1.165) is 17.1 Å². The second-order valence-corrected chi connectivity index (χ2v) is 7.34. The number of hydrogen-bond acceptors (Lipinski definition) is 4. The molecule has 3 aromatic rings. The molecule has 2 aliphatic rings. The van der Waals surface area contributed by atoms with Crippen LogP contribution in [0.1, 0.15) is 18.0 Å². The Hall–Kier alpha value is -2.72. The minimum atomic E-state index is 0.208. The molecule has 3 nitrogen and oxygen atoms in total. The lowest BCUT2D eigenvalue weighted by Crippen LogP contribution is -2.18. The van der Waals surface area contributed by atoms with Crippen LogP contribution < -0.4 is 5.01 Å². The van der Waals surface area contributed by atoms with Crippen molar-refractivity contribution in [1.82, 2.24) is 4.98 Å². The highest BCUT2D eigenvalue weighted by Gasteiger charge is 2.33. The van der Waals surface area contributed by atoms with Gasteiger partial charge in [0.2, 0.25) is 5.13 Å². The monoisotopic (exact) mass is 343 g/mol. The maximum Gasteiger partial charge on any atom is 0.207 e. The Morgan fingerprint density at radius 3 is 2.48 bits per heavy atom. The van der Waals surface area contributed by atoms with E-state index in [1.807, 2.05) is 6.07 Å². The van der Waals surface area contributed by atoms with Crippen molar-refractivity contribution in [3.05, 3.63) is 84.5 Å². The van der Waals surface area contributed by atoms with Crippen LogP contribution in [-0.2, 0) is 0 Å². The van der Waals surface area contributed by atoms with Crippen LogP contribution in [0.2, 0.25) is 0 Å². The maximum atomic E-state index is 4.99. The number of fused-ring (bicyclic) bond motifs is 1. The third kappa shape index (κ3) is 2.59. The second kappa shape index (κ2) is 5.97. The lowest BCUT2D eigenvalue weighted by molar-refractivity contribution is 0.706. The molecule has 1 aromatic heterocycles. The Kier molecular flexibility index (Phi) is 3.49. The van der Waals surface area contributed by atoms with E-state index >= 15 is 0 Å². The summed E-state index contributed by atoms with van der Waals surface area (Å²) in [4.78, 5) is 4.83. The average molecular weight is 343 g/mol. The summed E-state index contributed by atoms with van der Waals surface area (Å²) in [6, 6.07) is 19.1. The van der Waals surface area contributed by atoms with Crippen molar-refractivity contribution < 1.29 is 0 Å². The molecule has 0 fully saturated rings. The van der Waals surface area contributed by atoms with E-state index < -0.39 is 0 Å². The van der Waals surface area contributed by atoms with E-state index in [4.69, 9.17) is 10.1 Å². The van der Waals surface area contributed by atoms with Gasteiger partial charge in [-0.2, -0.15) is 5.10 Å². The molecule has 0 N–H and O–H groups in total. The third-order valence-electron chi connectivity index (χ3n) is 4.73. The first-order valence-corrected chi connectivity index (χ1v) is 9.32. The van der Waals surface area contributed by atoms with Gasteiger partial charge in [0.1, 0.15) is 0 Å². The van der Waals surface area contributed by atoms with Gasteiger partial charge in [0.25, 0.3) is 0 Å². The number of hydrazone groups is 1. The Labute approximate surface area is 150 Å². The Morgan fingerprint density at radius 2 is 1.68 bits per heavy atom. The summed E-state index contributed by atoms with van der Waals surface area (Å²) in [5, 5.41) is 8.08. The fraction of sp³-hybridized carbons (Fsp3) is 0.143. The van der Waals surface area contributed by atoms with Gasteiger partial charge in [-0.3, -0.25) is 0 Å². The molecular formula is C21H17N3S. The quantitative estimate of drug-likeness (QED) is 0.642. The van der Waals surface area contributed by atoms with Crippen LogP contribution in [0, 0.1) is 5.92 Å². The minimum Gasteiger partial charge on any atom is -0.231 e. The number of thiazole rings is 1.